The van der Waals surface area contributed by atoms with Gasteiger partial charge in [-0.3, -0.25) is 9.78 Å². The summed E-state index contributed by atoms with van der Waals surface area (Å²) in [5.41, 5.74) is 2.05. The van der Waals surface area contributed by atoms with Crippen LogP contribution < -0.4 is 0 Å². The van der Waals surface area contributed by atoms with Crippen LogP contribution in [0.15, 0.2) is 43.1 Å². The van der Waals surface area contributed by atoms with Crippen molar-refractivity contribution in [3.63, 3.8) is 0 Å². The molecule has 1 aromatic carbocycles. The number of carbonyl (C=O) groups excluding carboxylic acids is 1. The molecule has 126 valence electrons. The molecule has 1 fully saturated rings. The zero-order valence-corrected chi connectivity index (χ0v) is 14.2. The number of fused-ring (bicyclic) bond motifs is 1. The Morgan fingerprint density at radius 1 is 1.33 bits per heavy atom. The van der Waals surface area contributed by atoms with Crippen molar-refractivity contribution in [2.75, 3.05) is 0 Å². The number of pyridine rings is 1. The first-order chi connectivity index (χ1) is 11.6. The topological polar surface area (TPSA) is 30.0 Å². The average Bonchev–Trinajstić information content (AvgIpc) is 2.59. The van der Waals surface area contributed by atoms with E-state index in [0.29, 0.717) is 11.8 Å². The van der Waals surface area contributed by atoms with Crippen molar-refractivity contribution < 1.29 is 9.18 Å². The number of nitrogens with zero attached hydrogens (tertiary/aromatic N) is 1. The molecule has 1 aromatic heterocycles. The van der Waals surface area contributed by atoms with Crippen LogP contribution in [-0.2, 0) is 4.79 Å². The maximum atomic E-state index is 13.7. The average molecular weight is 325 g/mol. The number of hydrogen-bond donors (Lipinski definition) is 0. The van der Waals surface area contributed by atoms with Crippen LogP contribution in [0.4, 0.5) is 4.39 Å². The van der Waals surface area contributed by atoms with Crippen molar-refractivity contribution in [1.29, 1.82) is 0 Å². The van der Waals surface area contributed by atoms with Gasteiger partial charge in [0.2, 0.25) is 0 Å². The minimum absolute atomic E-state index is 0.107. The Balaban J connectivity index is 1.79. The van der Waals surface area contributed by atoms with E-state index < -0.39 is 0 Å². The SMILES string of the molecule is C=CC[C@@H](C(C)=O)C1CCC(c2ccnc3ccc(F)cc23)CC1. The Kier molecular flexibility index (Phi) is 5.08. The highest BCUT2D eigenvalue weighted by molar-refractivity contribution is 5.82. The lowest BCUT2D eigenvalue weighted by molar-refractivity contribution is -0.122. The van der Waals surface area contributed by atoms with Crippen molar-refractivity contribution in [3.05, 3.63) is 54.5 Å². The summed E-state index contributed by atoms with van der Waals surface area (Å²) in [6, 6.07) is 6.83. The van der Waals surface area contributed by atoms with Gasteiger partial charge in [0, 0.05) is 17.5 Å². The van der Waals surface area contributed by atoms with E-state index in [1.807, 2.05) is 18.3 Å². The van der Waals surface area contributed by atoms with Gasteiger partial charge in [0.15, 0.2) is 0 Å². The number of hydrogen-bond acceptors (Lipinski definition) is 2. The van der Waals surface area contributed by atoms with Gasteiger partial charge >= 0.3 is 0 Å². The van der Waals surface area contributed by atoms with Crippen LogP contribution in [0.25, 0.3) is 10.9 Å². The van der Waals surface area contributed by atoms with E-state index in [4.69, 9.17) is 0 Å². The van der Waals surface area contributed by atoms with Gasteiger partial charge in [-0.25, -0.2) is 4.39 Å². The molecule has 1 aliphatic carbocycles. The number of halogens is 1. The molecule has 0 radical (unpaired) electrons. The number of Topliss-reactive ketones (excluding diaryl/α,β-unsaturated/α-hetero) is 1. The number of carbonyl (C=O) groups is 1. The van der Waals surface area contributed by atoms with E-state index in [1.54, 1.807) is 19.1 Å². The molecule has 24 heavy (non-hydrogen) atoms. The summed E-state index contributed by atoms with van der Waals surface area (Å²) < 4.78 is 13.7. The molecule has 0 spiro atoms. The highest BCUT2D eigenvalue weighted by Gasteiger charge is 2.30. The van der Waals surface area contributed by atoms with Crippen LogP contribution >= 0.6 is 0 Å². The minimum Gasteiger partial charge on any atom is -0.300 e. The Labute approximate surface area is 142 Å². The third-order valence-corrected chi connectivity index (χ3v) is 5.46. The van der Waals surface area contributed by atoms with Crippen molar-refractivity contribution in [3.8, 4) is 0 Å². The lowest BCUT2D eigenvalue weighted by atomic mass is 9.71. The fourth-order valence-corrected chi connectivity index (χ4v) is 4.20. The summed E-state index contributed by atoms with van der Waals surface area (Å²) in [6.45, 7) is 5.48. The summed E-state index contributed by atoms with van der Waals surface area (Å²) in [5, 5.41) is 0.926. The zero-order chi connectivity index (χ0) is 17.1. The summed E-state index contributed by atoms with van der Waals surface area (Å²) in [5.74, 6) is 1.03. The summed E-state index contributed by atoms with van der Waals surface area (Å²) in [6.07, 6.45) is 8.62. The van der Waals surface area contributed by atoms with E-state index in [2.05, 4.69) is 11.6 Å². The molecule has 1 aliphatic rings. The van der Waals surface area contributed by atoms with Crippen molar-refractivity contribution in [1.82, 2.24) is 4.98 Å². The summed E-state index contributed by atoms with van der Waals surface area (Å²) >= 11 is 0. The second kappa shape index (κ2) is 7.25. The molecule has 0 unspecified atom stereocenters. The normalized spacial score (nSPS) is 22.2. The van der Waals surface area contributed by atoms with Crippen LogP contribution in [0.3, 0.4) is 0 Å². The number of aromatic nitrogens is 1. The monoisotopic (exact) mass is 325 g/mol. The minimum atomic E-state index is -0.215. The first-order valence-corrected chi connectivity index (χ1v) is 8.75. The van der Waals surface area contributed by atoms with Crippen molar-refractivity contribution in [2.45, 2.75) is 44.9 Å². The van der Waals surface area contributed by atoms with E-state index in [9.17, 15) is 9.18 Å². The Hall–Kier alpha value is -2.03. The lowest BCUT2D eigenvalue weighted by Gasteiger charge is -2.33. The summed E-state index contributed by atoms with van der Waals surface area (Å²) in [4.78, 5) is 16.2. The molecule has 1 saturated carbocycles. The molecule has 3 heteroatoms. The standard InChI is InChI=1S/C21H24FNO/c1-3-4-18(14(2)24)15-5-7-16(8-6-15)19-11-12-23-21-10-9-17(22)13-20(19)21/h3,9-13,15-16,18H,1,4-8H2,2H3/t15?,16?,18-/m0/s1. The quantitative estimate of drug-likeness (QED) is 0.686. The number of rotatable bonds is 5. The fourth-order valence-electron chi connectivity index (χ4n) is 4.20. The molecule has 0 bridgehead atoms. The lowest BCUT2D eigenvalue weighted by Crippen LogP contribution is -2.25. The largest absolute Gasteiger partial charge is 0.300 e. The molecular formula is C21H24FNO. The molecule has 1 atom stereocenters. The highest BCUT2D eigenvalue weighted by atomic mass is 19.1. The first-order valence-electron chi connectivity index (χ1n) is 8.75. The highest BCUT2D eigenvalue weighted by Crippen LogP contribution is 2.41. The molecule has 1 heterocycles. The fraction of sp³-hybridized carbons (Fsp3) is 0.429. The smallest absolute Gasteiger partial charge is 0.133 e. The maximum absolute atomic E-state index is 13.7. The van der Waals surface area contributed by atoms with Crippen LogP contribution in [0.5, 0.6) is 0 Å². The first kappa shape index (κ1) is 16.8. The third-order valence-electron chi connectivity index (χ3n) is 5.46. The van der Waals surface area contributed by atoms with Gasteiger partial charge in [0.05, 0.1) is 5.52 Å². The summed E-state index contributed by atoms with van der Waals surface area (Å²) in [7, 11) is 0. The van der Waals surface area contributed by atoms with Crippen molar-refractivity contribution in [2.24, 2.45) is 11.8 Å². The van der Waals surface area contributed by atoms with Gasteiger partial charge in [-0.1, -0.05) is 6.08 Å². The number of ketones is 1. The second-order valence-electron chi connectivity index (χ2n) is 6.91. The van der Waals surface area contributed by atoms with E-state index in [1.165, 1.54) is 11.6 Å². The predicted octanol–water partition coefficient (Wildman–Crippen LogP) is 5.43. The molecule has 2 aromatic rings. The van der Waals surface area contributed by atoms with Crippen LogP contribution in [0, 0.1) is 17.7 Å². The van der Waals surface area contributed by atoms with Crippen LogP contribution in [-0.4, -0.2) is 10.8 Å². The van der Waals surface area contributed by atoms with E-state index in [0.717, 1.165) is 43.0 Å². The molecule has 3 rings (SSSR count). The van der Waals surface area contributed by atoms with Gasteiger partial charge in [-0.2, -0.15) is 0 Å². The molecular weight excluding hydrogens is 301 g/mol. The molecule has 0 aliphatic heterocycles. The second-order valence-corrected chi connectivity index (χ2v) is 6.91. The van der Waals surface area contributed by atoms with Crippen LogP contribution in [0.1, 0.15) is 50.5 Å². The number of benzene rings is 1. The molecule has 0 amide bonds. The predicted molar refractivity (Wildman–Crippen MR) is 95.4 cm³/mol. The van der Waals surface area contributed by atoms with Crippen LogP contribution in [0.2, 0.25) is 0 Å². The molecule has 2 nitrogen and oxygen atoms in total. The van der Waals surface area contributed by atoms with Gasteiger partial charge in [0.1, 0.15) is 11.6 Å². The molecule has 0 saturated heterocycles. The molecule has 0 N–H and O–H groups in total. The maximum Gasteiger partial charge on any atom is 0.133 e. The zero-order valence-electron chi connectivity index (χ0n) is 14.2. The van der Waals surface area contributed by atoms with E-state index >= 15 is 0 Å². The van der Waals surface area contributed by atoms with E-state index in [-0.39, 0.29) is 17.5 Å². The van der Waals surface area contributed by atoms with Gasteiger partial charge in [-0.15, -0.1) is 6.58 Å². The van der Waals surface area contributed by atoms with Gasteiger partial charge in [0.25, 0.3) is 0 Å². The number of allylic oxidation sites excluding steroid dienone is 1. The van der Waals surface area contributed by atoms with Gasteiger partial charge < -0.3 is 0 Å². The third kappa shape index (κ3) is 3.40. The Morgan fingerprint density at radius 3 is 2.75 bits per heavy atom. The van der Waals surface area contributed by atoms with Gasteiger partial charge in [-0.05, 0) is 80.7 Å². The Bertz CT molecular complexity index is 747. The van der Waals surface area contributed by atoms with Crippen molar-refractivity contribution >= 4 is 16.7 Å². The Morgan fingerprint density at radius 2 is 2.08 bits per heavy atom.